The molecule has 2 heterocycles. The molecule has 1 aromatic heterocycles. The average molecular weight is 822 g/mol. The van der Waals surface area contributed by atoms with Crippen LogP contribution < -0.4 is 5.09 Å². The molecule has 10 aromatic carbocycles. The van der Waals surface area contributed by atoms with Gasteiger partial charge < -0.3 is 8.39 Å². The predicted molar refractivity (Wildman–Crippen MR) is 260 cm³/mol. The van der Waals surface area contributed by atoms with Gasteiger partial charge in [0.15, 0.2) is 0 Å². The molecule has 0 fully saturated rings. The van der Waals surface area contributed by atoms with E-state index in [-0.39, 0.29) is 11.7 Å². The number of hydrogen-bond acceptors (Lipinski definition) is 3. The lowest BCUT2D eigenvalue weighted by atomic mass is 9.88. The third-order valence-electron chi connectivity index (χ3n) is 12.7. The zero-order valence-electron chi connectivity index (χ0n) is 33.4. The van der Waals surface area contributed by atoms with Crippen molar-refractivity contribution in [2.75, 3.05) is 5.09 Å². The van der Waals surface area contributed by atoms with Crippen LogP contribution in [0.5, 0.6) is 0 Å². The normalized spacial score (nSPS) is 14.0. The third kappa shape index (κ3) is 6.36. The molecule has 0 unspecified atom stereocenters. The molecule has 1 aliphatic rings. The summed E-state index contributed by atoms with van der Waals surface area (Å²) in [5.41, 5.74) is 9.93. The van der Waals surface area contributed by atoms with Crippen molar-refractivity contribution in [2.24, 2.45) is 0 Å². The number of rotatable bonds is 6. The van der Waals surface area contributed by atoms with Crippen molar-refractivity contribution in [1.29, 1.82) is 0 Å². The van der Waals surface area contributed by atoms with Crippen LogP contribution in [0.3, 0.4) is 0 Å². The van der Waals surface area contributed by atoms with Crippen molar-refractivity contribution < 1.29 is 8.39 Å². The van der Waals surface area contributed by atoms with Gasteiger partial charge in [-0.25, -0.2) is 5.09 Å². The maximum atomic E-state index is 7.19. The SMILES string of the molecule is c1ccc([C@H](Np2oc3ccc4ccccc4c3c3c(ccc4ccccc43)o2)[C@H](c2ccccc2)P2Cc3ccc4ccccc4c3-c3c(ccc4ccccc34)C2)cc1. The second-order valence-corrected chi connectivity index (χ2v) is 19.7. The molecule has 1 aliphatic heterocycles. The van der Waals surface area contributed by atoms with Crippen molar-refractivity contribution >= 4 is 81.1 Å². The molecule has 0 saturated carbocycles. The molecule has 0 spiro atoms. The molecule has 0 bridgehead atoms. The minimum atomic E-state index is -1.69. The molecule has 0 radical (unpaired) electrons. The van der Waals surface area contributed by atoms with E-state index in [0.29, 0.717) is 0 Å². The maximum absolute atomic E-state index is 7.19. The molecule has 0 amide bonds. The highest BCUT2D eigenvalue weighted by Gasteiger charge is 2.36. The lowest BCUT2D eigenvalue weighted by molar-refractivity contribution is 0.630. The van der Waals surface area contributed by atoms with E-state index >= 15 is 0 Å². The Hall–Kier alpha value is -6.47. The lowest BCUT2D eigenvalue weighted by Crippen LogP contribution is -2.18. The van der Waals surface area contributed by atoms with Crippen LogP contribution in [0, 0.1) is 0 Å². The number of nitrogens with one attached hydrogen (secondary N) is 1. The molecular formula is C56H41NO2P2. The Kier molecular flexibility index (Phi) is 9.08. The summed E-state index contributed by atoms with van der Waals surface area (Å²) in [5.74, 6) is 0. The van der Waals surface area contributed by atoms with Crippen molar-refractivity contribution in [3.63, 3.8) is 0 Å². The van der Waals surface area contributed by atoms with Crippen molar-refractivity contribution in [3.05, 3.63) is 229 Å². The first-order valence-corrected chi connectivity index (χ1v) is 24.0. The van der Waals surface area contributed by atoms with Crippen LogP contribution in [-0.4, -0.2) is 0 Å². The first-order valence-electron chi connectivity index (χ1n) is 21.1. The summed E-state index contributed by atoms with van der Waals surface area (Å²) in [4.78, 5) is 0. The van der Waals surface area contributed by atoms with Gasteiger partial charge in [-0.05, 0) is 101 Å². The Morgan fingerprint density at radius 2 is 0.770 bits per heavy atom. The molecule has 61 heavy (non-hydrogen) atoms. The summed E-state index contributed by atoms with van der Waals surface area (Å²) < 4.78 is 14.4. The Labute approximate surface area is 356 Å². The molecule has 3 nitrogen and oxygen atoms in total. The van der Waals surface area contributed by atoms with Crippen LogP contribution in [0.15, 0.2) is 215 Å². The quantitative estimate of drug-likeness (QED) is 0.170. The van der Waals surface area contributed by atoms with E-state index in [4.69, 9.17) is 8.39 Å². The van der Waals surface area contributed by atoms with Crippen LogP contribution in [0.2, 0.25) is 0 Å². The fourth-order valence-corrected chi connectivity index (χ4v) is 14.6. The summed E-state index contributed by atoms with van der Waals surface area (Å²) >= 11 is 0. The van der Waals surface area contributed by atoms with Gasteiger partial charge in [-0.1, -0.05) is 202 Å². The fraction of sp³-hybridized carbons (Fsp3) is 0.0714. The average Bonchev–Trinajstić information content (AvgIpc) is 3.60. The van der Waals surface area contributed by atoms with E-state index in [2.05, 4.69) is 211 Å². The summed E-state index contributed by atoms with van der Waals surface area (Å²) in [6, 6.07) is 75.3. The first-order chi connectivity index (χ1) is 30.2. The van der Waals surface area contributed by atoms with Gasteiger partial charge in [0.25, 0.3) is 0 Å². The summed E-state index contributed by atoms with van der Waals surface area (Å²) in [6.07, 6.45) is 1.96. The number of benzene rings is 10. The van der Waals surface area contributed by atoms with E-state index < -0.39 is 16.1 Å². The van der Waals surface area contributed by atoms with Gasteiger partial charge in [0.2, 0.25) is 0 Å². The summed E-state index contributed by atoms with van der Waals surface area (Å²) in [6.45, 7) is 0. The third-order valence-corrected chi connectivity index (χ3v) is 16.8. The van der Waals surface area contributed by atoms with Crippen molar-refractivity contribution in [3.8, 4) is 11.1 Å². The fourth-order valence-electron chi connectivity index (χ4n) is 9.96. The molecule has 12 rings (SSSR count). The van der Waals surface area contributed by atoms with Gasteiger partial charge in [0, 0.05) is 16.4 Å². The van der Waals surface area contributed by atoms with E-state index in [1.54, 1.807) is 0 Å². The van der Waals surface area contributed by atoms with E-state index in [9.17, 15) is 0 Å². The van der Waals surface area contributed by atoms with Crippen LogP contribution in [-0.2, 0) is 12.3 Å². The largest absolute Gasteiger partial charge is 0.408 e. The standard InChI is InChI=1S/C56H41NO2P2/c1-3-19-41(20-4-1)55(57-61-58-49-33-31-39-17-9-13-25-47(39)53(49)54-48-26-14-10-18-40(48)32-34-50(54)59-61)56(42-21-5-2-6-22-42)60-35-43-29-27-37-15-7-11-23-45(37)51(43)52-44(36-60)30-28-38-16-8-12-24-46(38)52/h1-34,55-57H,35-36H2/t55-,56-/m0/s1. The van der Waals surface area contributed by atoms with Gasteiger partial charge in [-0.15, -0.1) is 0 Å². The highest BCUT2D eigenvalue weighted by Crippen LogP contribution is 2.65. The number of hydrogen-bond donors (Lipinski definition) is 1. The van der Waals surface area contributed by atoms with Crippen molar-refractivity contribution in [1.82, 2.24) is 0 Å². The van der Waals surface area contributed by atoms with E-state index in [1.807, 2.05) is 0 Å². The molecule has 0 saturated heterocycles. The smallest absolute Gasteiger partial charge is 0.307 e. The van der Waals surface area contributed by atoms with Gasteiger partial charge in [-0.3, -0.25) is 0 Å². The monoisotopic (exact) mass is 821 g/mol. The zero-order valence-corrected chi connectivity index (χ0v) is 35.2. The minimum absolute atomic E-state index is 0.112. The van der Waals surface area contributed by atoms with Gasteiger partial charge in [0.05, 0.1) is 6.04 Å². The van der Waals surface area contributed by atoms with Gasteiger partial charge in [-0.2, -0.15) is 0 Å². The van der Waals surface area contributed by atoms with Gasteiger partial charge >= 0.3 is 8.16 Å². The Morgan fingerprint density at radius 1 is 0.377 bits per heavy atom. The molecule has 1 N–H and O–H groups in total. The molecule has 11 aromatic rings. The molecular weight excluding hydrogens is 781 g/mol. The van der Waals surface area contributed by atoms with Crippen molar-refractivity contribution in [2.45, 2.75) is 24.0 Å². The maximum Gasteiger partial charge on any atom is 0.307 e. The Balaban J connectivity index is 1.10. The van der Waals surface area contributed by atoms with Crippen LogP contribution in [0.25, 0.3) is 76.2 Å². The first kappa shape index (κ1) is 36.4. The highest BCUT2D eigenvalue weighted by molar-refractivity contribution is 7.56. The van der Waals surface area contributed by atoms with Gasteiger partial charge in [0.1, 0.15) is 11.2 Å². The lowest BCUT2D eigenvalue weighted by Gasteiger charge is -2.35. The summed E-state index contributed by atoms with van der Waals surface area (Å²) in [5, 5.41) is 16.2. The molecule has 0 aliphatic carbocycles. The molecule has 292 valence electrons. The minimum Gasteiger partial charge on any atom is -0.408 e. The summed E-state index contributed by atoms with van der Waals surface area (Å²) in [7, 11) is -2.42. The van der Waals surface area contributed by atoms with Crippen LogP contribution in [0.1, 0.15) is 34.0 Å². The predicted octanol–water partition coefficient (Wildman–Crippen LogP) is 16.8. The van der Waals surface area contributed by atoms with Crippen LogP contribution in [0.4, 0.5) is 0 Å². The van der Waals surface area contributed by atoms with Crippen LogP contribution >= 0.6 is 16.1 Å². The molecule has 5 heteroatoms. The van der Waals surface area contributed by atoms with E-state index in [0.717, 1.165) is 45.0 Å². The topological polar surface area (TPSA) is 38.3 Å². The Morgan fingerprint density at radius 3 is 1.26 bits per heavy atom. The Bertz CT molecular complexity index is 3310. The second kappa shape index (κ2) is 15.2. The molecule has 2 atom stereocenters. The highest BCUT2D eigenvalue weighted by atomic mass is 31.1. The van der Waals surface area contributed by atoms with E-state index in [1.165, 1.54) is 65.7 Å². The number of fused-ring (bicyclic) bond motifs is 14. The zero-order chi connectivity index (χ0) is 40.3. The second-order valence-electron chi connectivity index (χ2n) is 16.2.